The van der Waals surface area contributed by atoms with Gasteiger partial charge in [-0.1, -0.05) is 54.6 Å². The lowest BCUT2D eigenvalue weighted by molar-refractivity contribution is -0.0402. The molecule has 2 unspecified atom stereocenters. The minimum atomic E-state index is 0.381. The van der Waals surface area contributed by atoms with Crippen molar-refractivity contribution < 1.29 is 4.74 Å². The van der Waals surface area contributed by atoms with Gasteiger partial charge >= 0.3 is 0 Å². The number of hydrogen-bond acceptors (Lipinski definition) is 2. The van der Waals surface area contributed by atoms with Crippen LogP contribution in [-0.2, 0) is 11.3 Å². The molecule has 2 aromatic carbocycles. The molecule has 2 heterocycles. The molecule has 4 rings (SSSR count). The van der Waals surface area contributed by atoms with E-state index in [0.717, 1.165) is 26.2 Å². The van der Waals surface area contributed by atoms with Crippen LogP contribution in [0, 0.1) is 13.8 Å². The van der Waals surface area contributed by atoms with Gasteiger partial charge in [-0.25, -0.2) is 0 Å². The summed E-state index contributed by atoms with van der Waals surface area (Å²) in [6, 6.07) is 18.3. The smallest absolute Gasteiger partial charge is 0.0658 e. The molecule has 1 fully saturated rings. The van der Waals surface area contributed by atoms with Crippen LogP contribution in [0.3, 0.4) is 0 Å². The second-order valence-corrected chi connectivity index (χ2v) is 7.08. The standard InChI is InChI=1S/C22H25NO/c1-16-7-6-8-17(2)22(16)19-11-20-14-24-15-21(12-19)23(20)13-18-9-4-3-5-10-18/h3-11,20-21H,12-15H2,1-2H3. The first-order valence-electron chi connectivity index (χ1n) is 8.87. The number of aryl methyl sites for hydroxylation is 2. The number of hydrogen-bond donors (Lipinski definition) is 0. The molecule has 0 saturated carbocycles. The summed E-state index contributed by atoms with van der Waals surface area (Å²) in [6.07, 6.45) is 3.53. The Morgan fingerprint density at radius 1 is 0.958 bits per heavy atom. The molecule has 2 aromatic rings. The van der Waals surface area contributed by atoms with E-state index in [1.165, 1.54) is 27.8 Å². The monoisotopic (exact) mass is 319 g/mol. The molecule has 2 atom stereocenters. The van der Waals surface area contributed by atoms with Crippen LogP contribution in [-0.4, -0.2) is 30.2 Å². The second-order valence-electron chi connectivity index (χ2n) is 7.08. The summed E-state index contributed by atoms with van der Waals surface area (Å²) in [5.74, 6) is 0. The molecule has 1 saturated heterocycles. The van der Waals surface area contributed by atoms with E-state index in [1.807, 2.05) is 0 Å². The Morgan fingerprint density at radius 2 is 1.71 bits per heavy atom. The van der Waals surface area contributed by atoms with E-state index in [2.05, 4.69) is 73.4 Å². The van der Waals surface area contributed by atoms with E-state index in [0.29, 0.717) is 12.1 Å². The van der Waals surface area contributed by atoms with Crippen LogP contribution in [0.5, 0.6) is 0 Å². The van der Waals surface area contributed by atoms with Gasteiger partial charge in [0.1, 0.15) is 0 Å². The lowest BCUT2D eigenvalue weighted by atomic mass is 9.85. The number of ether oxygens (including phenoxy) is 1. The Labute approximate surface area is 144 Å². The van der Waals surface area contributed by atoms with Crippen LogP contribution in [0.1, 0.15) is 28.7 Å². The zero-order valence-electron chi connectivity index (χ0n) is 14.5. The van der Waals surface area contributed by atoms with Gasteiger partial charge in [0.05, 0.1) is 19.3 Å². The SMILES string of the molecule is Cc1cccc(C)c1C1=CC2COCC(C1)N2Cc1ccccc1. The zero-order chi connectivity index (χ0) is 16.5. The number of fused-ring (bicyclic) bond motifs is 2. The second kappa shape index (κ2) is 6.54. The van der Waals surface area contributed by atoms with Crippen LogP contribution < -0.4 is 0 Å². The van der Waals surface area contributed by atoms with Gasteiger partial charge in [-0.3, -0.25) is 4.90 Å². The van der Waals surface area contributed by atoms with E-state index >= 15 is 0 Å². The fourth-order valence-electron chi connectivity index (χ4n) is 4.21. The van der Waals surface area contributed by atoms with Gasteiger partial charge in [0.15, 0.2) is 0 Å². The molecule has 0 amide bonds. The van der Waals surface area contributed by atoms with E-state index in [1.54, 1.807) is 0 Å². The van der Waals surface area contributed by atoms with E-state index in [4.69, 9.17) is 4.74 Å². The maximum Gasteiger partial charge on any atom is 0.0658 e. The molecule has 2 heteroatoms. The van der Waals surface area contributed by atoms with Crippen LogP contribution in [0.15, 0.2) is 54.6 Å². The van der Waals surface area contributed by atoms with Crippen molar-refractivity contribution in [2.45, 2.75) is 38.9 Å². The lowest BCUT2D eigenvalue weighted by Crippen LogP contribution is -2.53. The molecule has 0 spiro atoms. The van der Waals surface area contributed by atoms with Crippen molar-refractivity contribution in [2.24, 2.45) is 0 Å². The normalized spacial score (nSPS) is 23.8. The molecule has 124 valence electrons. The maximum atomic E-state index is 5.86. The summed E-state index contributed by atoms with van der Waals surface area (Å²) in [5, 5.41) is 0. The molecular weight excluding hydrogens is 294 g/mol. The summed E-state index contributed by atoms with van der Waals surface area (Å²) in [6.45, 7) is 7.11. The Hall–Kier alpha value is -1.90. The van der Waals surface area contributed by atoms with Crippen molar-refractivity contribution in [3.8, 4) is 0 Å². The predicted molar refractivity (Wildman–Crippen MR) is 98.9 cm³/mol. The summed E-state index contributed by atoms with van der Waals surface area (Å²) in [7, 11) is 0. The number of rotatable bonds is 3. The number of morpholine rings is 1. The lowest BCUT2D eigenvalue weighted by Gasteiger charge is -2.45. The van der Waals surface area contributed by atoms with E-state index < -0.39 is 0 Å². The van der Waals surface area contributed by atoms with E-state index in [9.17, 15) is 0 Å². The van der Waals surface area contributed by atoms with Crippen molar-refractivity contribution in [3.63, 3.8) is 0 Å². The van der Waals surface area contributed by atoms with Gasteiger partial charge in [-0.05, 0) is 48.1 Å². The molecular formula is C22H25NO. The third kappa shape index (κ3) is 2.92. The highest BCUT2D eigenvalue weighted by Crippen LogP contribution is 2.35. The van der Waals surface area contributed by atoms with Crippen molar-refractivity contribution in [1.82, 2.24) is 4.90 Å². The third-order valence-electron chi connectivity index (χ3n) is 5.35. The third-order valence-corrected chi connectivity index (χ3v) is 5.35. The zero-order valence-corrected chi connectivity index (χ0v) is 14.5. The molecule has 0 N–H and O–H groups in total. The van der Waals surface area contributed by atoms with Gasteiger partial charge in [-0.15, -0.1) is 0 Å². The van der Waals surface area contributed by atoms with E-state index in [-0.39, 0.29) is 0 Å². The van der Waals surface area contributed by atoms with Crippen molar-refractivity contribution in [2.75, 3.05) is 13.2 Å². The molecule has 0 aliphatic carbocycles. The molecule has 2 nitrogen and oxygen atoms in total. The molecule has 0 aromatic heterocycles. The van der Waals surface area contributed by atoms with Gasteiger partial charge < -0.3 is 4.74 Å². The Kier molecular flexibility index (Phi) is 4.26. The first-order chi connectivity index (χ1) is 11.7. The summed E-state index contributed by atoms with van der Waals surface area (Å²) in [5.41, 5.74) is 7.12. The van der Waals surface area contributed by atoms with Crippen molar-refractivity contribution in [1.29, 1.82) is 0 Å². The Balaban J connectivity index is 1.65. The average molecular weight is 319 g/mol. The van der Waals surface area contributed by atoms with Crippen LogP contribution in [0.4, 0.5) is 0 Å². The number of benzene rings is 2. The highest BCUT2D eigenvalue weighted by molar-refractivity contribution is 5.72. The summed E-state index contributed by atoms with van der Waals surface area (Å²) < 4.78 is 5.86. The highest BCUT2D eigenvalue weighted by atomic mass is 16.5. The first kappa shape index (κ1) is 15.6. The minimum absolute atomic E-state index is 0.381. The van der Waals surface area contributed by atoms with Gasteiger partial charge in [0.2, 0.25) is 0 Å². The predicted octanol–water partition coefficient (Wildman–Crippen LogP) is 4.36. The fourth-order valence-corrected chi connectivity index (χ4v) is 4.21. The molecule has 24 heavy (non-hydrogen) atoms. The average Bonchev–Trinajstić information content (AvgIpc) is 2.56. The molecule has 0 radical (unpaired) electrons. The van der Waals surface area contributed by atoms with Crippen LogP contribution in [0.2, 0.25) is 0 Å². The maximum absolute atomic E-state index is 5.86. The Morgan fingerprint density at radius 3 is 2.42 bits per heavy atom. The quantitative estimate of drug-likeness (QED) is 0.833. The van der Waals surface area contributed by atoms with Crippen molar-refractivity contribution in [3.05, 3.63) is 76.9 Å². The van der Waals surface area contributed by atoms with Crippen LogP contribution in [0.25, 0.3) is 5.57 Å². The first-order valence-corrected chi connectivity index (χ1v) is 8.87. The topological polar surface area (TPSA) is 12.5 Å². The number of nitrogens with zero attached hydrogens (tertiary/aromatic N) is 1. The highest BCUT2D eigenvalue weighted by Gasteiger charge is 2.35. The van der Waals surface area contributed by atoms with Crippen LogP contribution >= 0.6 is 0 Å². The van der Waals surface area contributed by atoms with Gasteiger partial charge in [0, 0.05) is 12.6 Å². The van der Waals surface area contributed by atoms with Gasteiger partial charge in [0.25, 0.3) is 0 Å². The fraction of sp³-hybridized carbons (Fsp3) is 0.364. The minimum Gasteiger partial charge on any atom is -0.378 e. The summed E-state index contributed by atoms with van der Waals surface area (Å²) >= 11 is 0. The molecule has 2 aliphatic rings. The molecule has 2 aliphatic heterocycles. The summed E-state index contributed by atoms with van der Waals surface area (Å²) in [4.78, 5) is 2.62. The Bertz CT molecular complexity index is 730. The molecule has 2 bridgehead atoms. The largest absolute Gasteiger partial charge is 0.378 e. The van der Waals surface area contributed by atoms with Crippen molar-refractivity contribution >= 4 is 5.57 Å². The van der Waals surface area contributed by atoms with Gasteiger partial charge in [-0.2, -0.15) is 0 Å².